The number of halogens is 1. The van der Waals surface area contributed by atoms with Gasteiger partial charge in [-0.05, 0) is 42.7 Å². The van der Waals surface area contributed by atoms with E-state index in [9.17, 15) is 4.79 Å². The van der Waals surface area contributed by atoms with E-state index >= 15 is 0 Å². The molecule has 0 saturated carbocycles. The minimum absolute atomic E-state index is 0.0827. The zero-order chi connectivity index (χ0) is 12.4. The zero-order valence-corrected chi connectivity index (χ0v) is 10.6. The Hall–Kier alpha value is -1.60. The molecule has 0 heterocycles. The molecule has 0 bridgehead atoms. The lowest BCUT2D eigenvalue weighted by Crippen LogP contribution is -1.91. The maximum absolute atomic E-state index is 11.2. The molecule has 0 aromatic heterocycles. The van der Waals surface area contributed by atoms with Crippen LogP contribution in [0.25, 0.3) is 11.1 Å². The Kier molecular flexibility index (Phi) is 3.30. The first-order chi connectivity index (χ1) is 8.08. The van der Waals surface area contributed by atoms with Gasteiger partial charge in [0, 0.05) is 10.6 Å². The Labute approximate surface area is 106 Å². The van der Waals surface area contributed by atoms with Crippen LogP contribution in [0.3, 0.4) is 0 Å². The second-order valence-electron chi connectivity index (χ2n) is 4.09. The highest BCUT2D eigenvalue weighted by Gasteiger charge is 2.04. The molecule has 1 nitrogen and oxygen atoms in total. The Morgan fingerprint density at radius 1 is 1.06 bits per heavy atom. The third-order valence-corrected chi connectivity index (χ3v) is 3.04. The van der Waals surface area contributed by atoms with Crippen LogP contribution in [-0.4, -0.2) is 5.78 Å². The molecule has 0 amide bonds. The van der Waals surface area contributed by atoms with Crippen molar-refractivity contribution in [3.05, 3.63) is 58.6 Å². The summed E-state index contributed by atoms with van der Waals surface area (Å²) in [4.78, 5) is 11.2. The van der Waals surface area contributed by atoms with Gasteiger partial charge < -0.3 is 0 Å². The summed E-state index contributed by atoms with van der Waals surface area (Å²) in [6.45, 7) is 3.62. The fourth-order valence-corrected chi connectivity index (χ4v) is 1.96. The molecule has 0 atom stereocenters. The molecule has 0 aliphatic rings. The van der Waals surface area contributed by atoms with Gasteiger partial charge in [-0.3, -0.25) is 4.79 Å². The number of Topliss-reactive ketones (excluding diaryl/α,β-unsaturated/α-hetero) is 1. The quantitative estimate of drug-likeness (QED) is 0.710. The van der Waals surface area contributed by atoms with Crippen LogP contribution in [-0.2, 0) is 0 Å². The highest BCUT2D eigenvalue weighted by atomic mass is 35.5. The number of benzene rings is 2. The lowest BCUT2D eigenvalue weighted by atomic mass is 9.99. The maximum Gasteiger partial charge on any atom is 0.159 e. The van der Waals surface area contributed by atoms with Crippen molar-refractivity contribution in [3.63, 3.8) is 0 Å². The van der Waals surface area contributed by atoms with Gasteiger partial charge in [-0.1, -0.05) is 41.9 Å². The van der Waals surface area contributed by atoms with Crippen LogP contribution in [0.15, 0.2) is 42.5 Å². The zero-order valence-electron chi connectivity index (χ0n) is 9.83. The summed E-state index contributed by atoms with van der Waals surface area (Å²) in [7, 11) is 0. The molecule has 2 aromatic carbocycles. The lowest BCUT2D eigenvalue weighted by molar-refractivity contribution is 0.101. The highest BCUT2D eigenvalue weighted by Crippen LogP contribution is 2.26. The molecular formula is C15H13ClO. The molecule has 0 saturated heterocycles. The number of carbonyl (C=O) groups excluding carboxylic acids is 1. The van der Waals surface area contributed by atoms with Crippen molar-refractivity contribution in [2.75, 3.05) is 0 Å². The van der Waals surface area contributed by atoms with Crippen LogP contribution in [0.2, 0.25) is 5.02 Å². The Bertz CT molecular complexity index is 556. The number of hydrogen-bond acceptors (Lipinski definition) is 1. The molecule has 2 aromatic rings. The molecule has 2 rings (SSSR count). The molecule has 2 heteroatoms. The van der Waals surface area contributed by atoms with Crippen molar-refractivity contribution in [1.29, 1.82) is 0 Å². The van der Waals surface area contributed by atoms with Gasteiger partial charge in [0.1, 0.15) is 0 Å². The topological polar surface area (TPSA) is 17.1 Å². The lowest BCUT2D eigenvalue weighted by Gasteiger charge is -2.07. The molecule has 0 spiro atoms. The van der Waals surface area contributed by atoms with E-state index in [2.05, 4.69) is 0 Å². The minimum Gasteiger partial charge on any atom is -0.295 e. The van der Waals surface area contributed by atoms with Crippen LogP contribution in [0.1, 0.15) is 22.8 Å². The van der Waals surface area contributed by atoms with E-state index in [-0.39, 0.29) is 5.78 Å². The monoisotopic (exact) mass is 244 g/mol. The molecule has 0 N–H and O–H groups in total. The van der Waals surface area contributed by atoms with Crippen LogP contribution in [0.4, 0.5) is 0 Å². The molecular weight excluding hydrogens is 232 g/mol. The first-order valence-corrected chi connectivity index (χ1v) is 5.83. The van der Waals surface area contributed by atoms with Crippen molar-refractivity contribution in [2.24, 2.45) is 0 Å². The Morgan fingerprint density at radius 3 is 2.29 bits per heavy atom. The largest absolute Gasteiger partial charge is 0.295 e. The van der Waals surface area contributed by atoms with E-state index in [4.69, 9.17) is 11.6 Å². The molecule has 86 valence electrons. The van der Waals surface area contributed by atoms with Crippen molar-refractivity contribution in [2.45, 2.75) is 13.8 Å². The summed E-state index contributed by atoms with van der Waals surface area (Å²) >= 11 is 5.99. The van der Waals surface area contributed by atoms with Gasteiger partial charge in [0.2, 0.25) is 0 Å². The highest BCUT2D eigenvalue weighted by molar-refractivity contribution is 6.30. The van der Waals surface area contributed by atoms with E-state index in [0.29, 0.717) is 0 Å². The van der Waals surface area contributed by atoms with Crippen LogP contribution < -0.4 is 0 Å². The normalized spacial score (nSPS) is 10.3. The first-order valence-electron chi connectivity index (χ1n) is 5.45. The molecule has 0 unspecified atom stereocenters. The number of carbonyl (C=O) groups is 1. The fraction of sp³-hybridized carbons (Fsp3) is 0.133. The smallest absolute Gasteiger partial charge is 0.159 e. The molecule has 0 radical (unpaired) electrons. The summed E-state index contributed by atoms with van der Waals surface area (Å²) in [5.41, 5.74) is 4.08. The summed E-state index contributed by atoms with van der Waals surface area (Å²) in [5.74, 6) is 0.0827. The number of ketones is 1. The van der Waals surface area contributed by atoms with Crippen molar-refractivity contribution >= 4 is 17.4 Å². The third-order valence-electron chi connectivity index (χ3n) is 2.80. The van der Waals surface area contributed by atoms with Crippen LogP contribution in [0, 0.1) is 6.92 Å². The second-order valence-corrected chi connectivity index (χ2v) is 4.53. The van der Waals surface area contributed by atoms with Gasteiger partial charge in [0.05, 0.1) is 0 Å². The Balaban J connectivity index is 2.46. The summed E-state index contributed by atoms with van der Waals surface area (Å²) < 4.78 is 0. The van der Waals surface area contributed by atoms with E-state index in [1.807, 2.05) is 49.4 Å². The Morgan fingerprint density at radius 2 is 1.71 bits per heavy atom. The van der Waals surface area contributed by atoms with Crippen molar-refractivity contribution in [1.82, 2.24) is 0 Å². The van der Waals surface area contributed by atoms with E-state index < -0.39 is 0 Å². The second kappa shape index (κ2) is 4.72. The van der Waals surface area contributed by atoms with Gasteiger partial charge >= 0.3 is 0 Å². The molecule has 0 aliphatic carbocycles. The standard InChI is InChI=1S/C15H13ClO/c1-10-3-8-14(16)9-15(10)13-6-4-12(5-7-13)11(2)17/h3-9H,1-2H3. The van der Waals surface area contributed by atoms with E-state index in [1.54, 1.807) is 6.92 Å². The van der Waals surface area contributed by atoms with Gasteiger partial charge in [-0.25, -0.2) is 0 Å². The first kappa shape index (κ1) is 11.9. The average Bonchev–Trinajstić information content (AvgIpc) is 2.32. The predicted octanol–water partition coefficient (Wildman–Crippen LogP) is 4.52. The maximum atomic E-state index is 11.2. The van der Waals surface area contributed by atoms with Gasteiger partial charge in [-0.2, -0.15) is 0 Å². The van der Waals surface area contributed by atoms with Crippen molar-refractivity contribution in [3.8, 4) is 11.1 Å². The van der Waals surface area contributed by atoms with Gasteiger partial charge in [0.15, 0.2) is 5.78 Å². The van der Waals surface area contributed by atoms with Crippen LogP contribution in [0.5, 0.6) is 0 Å². The third kappa shape index (κ3) is 2.56. The average molecular weight is 245 g/mol. The number of rotatable bonds is 2. The molecule has 0 aliphatic heterocycles. The number of aryl methyl sites for hydroxylation is 1. The van der Waals surface area contributed by atoms with Gasteiger partial charge in [-0.15, -0.1) is 0 Å². The molecule has 17 heavy (non-hydrogen) atoms. The fourth-order valence-electron chi connectivity index (χ4n) is 1.79. The SMILES string of the molecule is CC(=O)c1ccc(-c2cc(Cl)ccc2C)cc1. The summed E-state index contributed by atoms with van der Waals surface area (Å²) in [6.07, 6.45) is 0. The summed E-state index contributed by atoms with van der Waals surface area (Å²) in [5, 5.41) is 0.723. The van der Waals surface area contributed by atoms with E-state index in [1.165, 1.54) is 5.56 Å². The predicted molar refractivity (Wildman–Crippen MR) is 71.6 cm³/mol. The minimum atomic E-state index is 0.0827. The van der Waals surface area contributed by atoms with Gasteiger partial charge in [0.25, 0.3) is 0 Å². The summed E-state index contributed by atoms with van der Waals surface area (Å²) in [6, 6.07) is 13.4. The molecule has 0 fully saturated rings. The number of hydrogen-bond donors (Lipinski definition) is 0. The van der Waals surface area contributed by atoms with Crippen molar-refractivity contribution < 1.29 is 4.79 Å². The van der Waals surface area contributed by atoms with E-state index in [0.717, 1.165) is 21.7 Å². The van der Waals surface area contributed by atoms with Crippen LogP contribution >= 0.6 is 11.6 Å².